The van der Waals surface area contributed by atoms with Crippen LogP contribution in [0.4, 0.5) is 5.13 Å². The van der Waals surface area contributed by atoms with Crippen molar-refractivity contribution < 1.29 is 13.9 Å². The number of hydrogen-bond acceptors (Lipinski definition) is 7. The zero-order valence-electron chi connectivity index (χ0n) is 15.6. The Labute approximate surface area is 173 Å². The van der Waals surface area contributed by atoms with Crippen LogP contribution in [0.15, 0.2) is 41.0 Å². The summed E-state index contributed by atoms with van der Waals surface area (Å²) < 4.78 is 11.5. The molecule has 7 nitrogen and oxygen atoms in total. The number of anilines is 1. The van der Waals surface area contributed by atoms with Crippen LogP contribution in [0.3, 0.4) is 0 Å². The predicted molar refractivity (Wildman–Crippen MR) is 113 cm³/mol. The first-order valence-corrected chi connectivity index (χ1v) is 9.78. The molecule has 1 aliphatic heterocycles. The number of hydrogen-bond donors (Lipinski definition) is 1. The number of amides is 1. The fraction of sp³-hybridized carbons (Fsp3) is 0.368. The molecule has 0 unspecified atom stereocenters. The van der Waals surface area contributed by atoms with Gasteiger partial charge >= 0.3 is 0 Å². The van der Waals surface area contributed by atoms with Gasteiger partial charge in [0.1, 0.15) is 5.75 Å². The van der Waals surface area contributed by atoms with Crippen LogP contribution in [0.1, 0.15) is 10.6 Å². The van der Waals surface area contributed by atoms with Gasteiger partial charge in [-0.3, -0.25) is 9.69 Å². The molecule has 9 heteroatoms. The number of nitrogens with zero attached hydrogens (tertiary/aromatic N) is 3. The van der Waals surface area contributed by atoms with Crippen molar-refractivity contribution in [2.75, 3.05) is 51.3 Å². The first kappa shape index (κ1) is 20.4. The minimum atomic E-state index is -0.163. The van der Waals surface area contributed by atoms with Gasteiger partial charge in [-0.2, -0.15) is 0 Å². The van der Waals surface area contributed by atoms with E-state index in [9.17, 15) is 4.79 Å². The molecule has 0 aliphatic carbocycles. The number of carbonyl (C=O) groups is 1. The lowest BCUT2D eigenvalue weighted by Gasteiger charge is -2.34. The number of aromatic nitrogens is 1. The second-order valence-electron chi connectivity index (χ2n) is 6.39. The molecule has 2 aromatic heterocycles. The lowest BCUT2D eigenvalue weighted by atomic mass is 10.3. The van der Waals surface area contributed by atoms with Crippen molar-refractivity contribution in [3.05, 3.63) is 42.4 Å². The standard InChI is InChI=1S/C19H22N4O3S.ClH/c1-25-14-4-5-15-17(13-14)27-19(21-15)23-10-8-22(9-11-23)7-6-20-18(24)16-3-2-12-26-16;/h2-5,12-13H,6-11H2,1H3,(H,20,24);1H. The van der Waals surface area contributed by atoms with Gasteiger partial charge in [-0.25, -0.2) is 4.98 Å². The lowest BCUT2D eigenvalue weighted by molar-refractivity contribution is 0.0920. The monoisotopic (exact) mass is 422 g/mol. The number of ether oxygens (including phenoxy) is 1. The Kier molecular flexibility index (Phi) is 6.77. The second kappa shape index (κ2) is 9.27. The molecule has 1 aliphatic rings. The number of fused-ring (bicyclic) bond motifs is 1. The molecule has 1 fully saturated rings. The summed E-state index contributed by atoms with van der Waals surface area (Å²) in [6.45, 7) is 5.22. The van der Waals surface area contributed by atoms with Crippen molar-refractivity contribution >= 4 is 45.0 Å². The van der Waals surface area contributed by atoms with E-state index in [0.717, 1.165) is 53.8 Å². The SMILES string of the molecule is COc1ccc2nc(N3CCN(CCNC(=O)c4ccco4)CC3)sc2c1.Cl. The number of halogens is 1. The number of nitrogens with one attached hydrogen (secondary N) is 1. The van der Waals surface area contributed by atoms with Gasteiger partial charge in [0.2, 0.25) is 0 Å². The van der Waals surface area contributed by atoms with E-state index in [1.165, 1.54) is 6.26 Å². The highest BCUT2D eigenvalue weighted by Gasteiger charge is 2.20. The molecule has 0 bridgehead atoms. The molecule has 4 rings (SSSR count). The van der Waals surface area contributed by atoms with E-state index < -0.39 is 0 Å². The van der Waals surface area contributed by atoms with Gasteiger partial charge in [0.25, 0.3) is 5.91 Å². The molecule has 1 aromatic carbocycles. The lowest BCUT2D eigenvalue weighted by Crippen LogP contribution is -2.48. The molecule has 1 saturated heterocycles. The number of piperazine rings is 1. The van der Waals surface area contributed by atoms with E-state index in [0.29, 0.717) is 12.3 Å². The third kappa shape index (κ3) is 4.57. The summed E-state index contributed by atoms with van der Waals surface area (Å²) in [5.41, 5.74) is 1.01. The van der Waals surface area contributed by atoms with Gasteiger partial charge in [0.05, 0.1) is 23.6 Å². The molecule has 3 heterocycles. The number of methoxy groups -OCH3 is 1. The third-order valence-electron chi connectivity index (χ3n) is 4.69. The molecule has 1 amide bonds. The molecule has 0 saturated carbocycles. The number of rotatable bonds is 6. The van der Waals surface area contributed by atoms with E-state index >= 15 is 0 Å². The van der Waals surface area contributed by atoms with Crippen LogP contribution < -0.4 is 15.0 Å². The Morgan fingerprint density at radius 2 is 2.11 bits per heavy atom. The highest BCUT2D eigenvalue weighted by Crippen LogP contribution is 2.31. The summed E-state index contributed by atoms with van der Waals surface area (Å²) in [5.74, 6) is 1.05. The topological polar surface area (TPSA) is 70.8 Å². The van der Waals surface area contributed by atoms with Crippen LogP contribution in [0, 0.1) is 0 Å². The van der Waals surface area contributed by atoms with Gasteiger partial charge in [0.15, 0.2) is 10.9 Å². The minimum absolute atomic E-state index is 0. The Morgan fingerprint density at radius 1 is 1.29 bits per heavy atom. The zero-order valence-corrected chi connectivity index (χ0v) is 17.2. The molecule has 0 radical (unpaired) electrons. The third-order valence-corrected chi connectivity index (χ3v) is 5.76. The Balaban J connectivity index is 0.00000225. The normalized spacial score (nSPS) is 14.7. The van der Waals surface area contributed by atoms with Crippen molar-refractivity contribution in [1.82, 2.24) is 15.2 Å². The highest BCUT2D eigenvalue weighted by molar-refractivity contribution is 7.22. The minimum Gasteiger partial charge on any atom is -0.497 e. The number of benzene rings is 1. The van der Waals surface area contributed by atoms with Crippen molar-refractivity contribution in [2.45, 2.75) is 0 Å². The second-order valence-corrected chi connectivity index (χ2v) is 7.40. The maximum Gasteiger partial charge on any atom is 0.287 e. The van der Waals surface area contributed by atoms with Gasteiger partial charge in [-0.05, 0) is 30.3 Å². The summed E-state index contributed by atoms with van der Waals surface area (Å²) in [6, 6.07) is 9.37. The number of thiazole rings is 1. The molecule has 0 atom stereocenters. The number of furan rings is 1. The maximum atomic E-state index is 11.9. The zero-order chi connectivity index (χ0) is 18.6. The summed E-state index contributed by atoms with van der Waals surface area (Å²) in [5, 5.41) is 3.95. The first-order chi connectivity index (χ1) is 13.2. The smallest absolute Gasteiger partial charge is 0.287 e. The van der Waals surface area contributed by atoms with Crippen LogP contribution >= 0.6 is 23.7 Å². The van der Waals surface area contributed by atoms with E-state index in [-0.39, 0.29) is 18.3 Å². The van der Waals surface area contributed by atoms with Crippen molar-refractivity contribution in [3.63, 3.8) is 0 Å². The maximum absolute atomic E-state index is 11.9. The van der Waals surface area contributed by atoms with E-state index in [1.807, 2.05) is 18.2 Å². The van der Waals surface area contributed by atoms with Crippen molar-refractivity contribution in [3.8, 4) is 5.75 Å². The molecule has 1 N–H and O–H groups in total. The predicted octanol–water partition coefficient (Wildman–Crippen LogP) is 2.87. The molecule has 0 spiro atoms. The Bertz CT molecular complexity index is 907. The van der Waals surface area contributed by atoms with Crippen LogP contribution in [0.5, 0.6) is 5.75 Å². The molecular weight excluding hydrogens is 400 g/mol. The molecule has 150 valence electrons. The molecule has 28 heavy (non-hydrogen) atoms. The van der Waals surface area contributed by atoms with Crippen LogP contribution in [0.2, 0.25) is 0 Å². The van der Waals surface area contributed by atoms with Crippen LogP contribution in [-0.4, -0.2) is 62.2 Å². The largest absolute Gasteiger partial charge is 0.497 e. The summed E-state index contributed by atoms with van der Waals surface area (Å²) in [7, 11) is 1.68. The van der Waals surface area contributed by atoms with Gasteiger partial charge in [-0.15, -0.1) is 12.4 Å². The highest BCUT2D eigenvalue weighted by atomic mass is 35.5. The van der Waals surface area contributed by atoms with Crippen LogP contribution in [-0.2, 0) is 0 Å². The quantitative estimate of drug-likeness (QED) is 0.658. The van der Waals surface area contributed by atoms with Crippen molar-refractivity contribution in [2.24, 2.45) is 0 Å². The molecular formula is C19H23ClN4O3S. The van der Waals surface area contributed by atoms with Crippen molar-refractivity contribution in [1.29, 1.82) is 0 Å². The van der Waals surface area contributed by atoms with Gasteiger partial charge in [-0.1, -0.05) is 11.3 Å². The number of carbonyl (C=O) groups excluding carboxylic acids is 1. The van der Waals surface area contributed by atoms with E-state index in [2.05, 4.69) is 15.1 Å². The van der Waals surface area contributed by atoms with E-state index in [1.54, 1.807) is 30.6 Å². The fourth-order valence-corrected chi connectivity index (χ4v) is 4.19. The average Bonchev–Trinajstić information content (AvgIpc) is 3.37. The average molecular weight is 423 g/mol. The summed E-state index contributed by atoms with van der Waals surface area (Å²) in [4.78, 5) is 21.3. The Morgan fingerprint density at radius 3 is 2.82 bits per heavy atom. The Hall–Kier alpha value is -2.29. The summed E-state index contributed by atoms with van der Waals surface area (Å²) >= 11 is 1.70. The first-order valence-electron chi connectivity index (χ1n) is 8.96. The fourth-order valence-electron chi connectivity index (χ4n) is 3.14. The molecule has 3 aromatic rings. The summed E-state index contributed by atoms with van der Waals surface area (Å²) in [6.07, 6.45) is 1.51. The van der Waals surface area contributed by atoms with Crippen LogP contribution in [0.25, 0.3) is 10.2 Å². The van der Waals surface area contributed by atoms with E-state index in [4.69, 9.17) is 14.1 Å². The van der Waals surface area contributed by atoms with Gasteiger partial charge < -0.3 is 19.4 Å². The van der Waals surface area contributed by atoms with Gasteiger partial charge in [0, 0.05) is 39.3 Å².